The predicted octanol–water partition coefficient (Wildman–Crippen LogP) is 1.79. The van der Waals surface area contributed by atoms with Crippen molar-refractivity contribution in [3.63, 3.8) is 0 Å². The van der Waals surface area contributed by atoms with E-state index in [-0.39, 0.29) is 34.7 Å². The number of carbonyl (C=O) groups is 1. The molecule has 0 aromatic heterocycles. The van der Waals surface area contributed by atoms with E-state index in [1.165, 1.54) is 24.3 Å². The summed E-state index contributed by atoms with van der Waals surface area (Å²) in [6.45, 7) is 3.53. The van der Waals surface area contributed by atoms with Gasteiger partial charge >= 0.3 is 5.97 Å². The lowest BCUT2D eigenvalue weighted by atomic mass is 9.77. The maximum Gasteiger partial charge on any atom is 0.317 e. The second kappa shape index (κ2) is 6.35. The van der Waals surface area contributed by atoms with Crippen LogP contribution in [0, 0.1) is 11.8 Å². The molecule has 0 radical (unpaired) electrons. The third-order valence-corrected chi connectivity index (χ3v) is 5.62. The van der Waals surface area contributed by atoms with Gasteiger partial charge in [-0.25, -0.2) is 0 Å². The number of fused-ring (bicyclic) bond motifs is 2. The first kappa shape index (κ1) is 18.3. The van der Waals surface area contributed by atoms with Gasteiger partial charge in [0.15, 0.2) is 0 Å². The molecule has 0 saturated carbocycles. The fourth-order valence-electron chi connectivity index (χ4n) is 3.73. The largest absolute Gasteiger partial charge is 0.426 e. The molecule has 4 unspecified atom stereocenters. The number of esters is 1. The summed E-state index contributed by atoms with van der Waals surface area (Å²) in [5.74, 6) is -0.311. The molecule has 2 heterocycles. The summed E-state index contributed by atoms with van der Waals surface area (Å²) in [4.78, 5) is 12.1. The Morgan fingerprint density at radius 1 is 1.24 bits per heavy atom. The minimum absolute atomic E-state index is 0.0455. The molecule has 138 valence electrons. The van der Waals surface area contributed by atoms with Crippen molar-refractivity contribution in [1.29, 1.82) is 0 Å². The quantitative estimate of drug-likeness (QED) is 0.462. The fraction of sp³-hybridized carbons (Fsp3) is 0.588. The molecular weight excluding hydrogens is 348 g/mol. The Labute approximate surface area is 146 Å². The van der Waals surface area contributed by atoms with Crippen LogP contribution in [0.2, 0.25) is 0 Å². The monoisotopic (exact) mass is 370 g/mol. The van der Waals surface area contributed by atoms with Crippen LogP contribution in [0.25, 0.3) is 0 Å². The van der Waals surface area contributed by atoms with Gasteiger partial charge in [0.25, 0.3) is 10.1 Å². The van der Waals surface area contributed by atoms with E-state index in [1.54, 1.807) is 13.8 Å². The van der Waals surface area contributed by atoms with Gasteiger partial charge in [0.2, 0.25) is 0 Å². The van der Waals surface area contributed by atoms with Crippen molar-refractivity contribution in [1.82, 2.24) is 0 Å². The number of carbonyl (C=O) groups excluding carboxylic acids is 1. The Bertz CT molecular complexity index is 748. The SMILES string of the molecule is CC(C)(O)CC1CC2OC1CC2C(=O)Oc1ccc(S(=O)(=O)O)cc1. The summed E-state index contributed by atoms with van der Waals surface area (Å²) in [5.41, 5.74) is -0.761. The van der Waals surface area contributed by atoms with Gasteiger partial charge in [0.1, 0.15) is 5.75 Å². The van der Waals surface area contributed by atoms with Gasteiger partial charge in [0, 0.05) is 0 Å². The topological polar surface area (TPSA) is 110 Å². The van der Waals surface area contributed by atoms with Crippen molar-refractivity contribution in [3.8, 4) is 5.75 Å². The normalized spacial score (nSPS) is 29.0. The maximum absolute atomic E-state index is 12.4. The van der Waals surface area contributed by atoms with Gasteiger partial charge in [0.05, 0.1) is 28.6 Å². The first-order chi connectivity index (χ1) is 11.5. The number of ether oxygens (including phenoxy) is 2. The standard InChI is InChI=1S/C17H22O7S/c1-17(2,19)9-10-7-15-13(8-14(10)24-15)16(18)23-11-3-5-12(6-4-11)25(20,21)22/h3-6,10,13-15,19H,7-9H2,1-2H3,(H,20,21,22). The van der Waals surface area contributed by atoms with Gasteiger partial charge in [-0.05, 0) is 63.3 Å². The second-order valence-electron chi connectivity index (χ2n) is 7.44. The average Bonchev–Trinajstić information content (AvgIpc) is 3.04. The average molecular weight is 370 g/mol. The van der Waals surface area contributed by atoms with E-state index in [2.05, 4.69) is 0 Å². The van der Waals surface area contributed by atoms with Crippen LogP contribution in [0.4, 0.5) is 0 Å². The summed E-state index contributed by atoms with van der Waals surface area (Å²) in [5, 5.41) is 9.95. The molecule has 2 fully saturated rings. The van der Waals surface area contributed by atoms with E-state index in [1.807, 2.05) is 0 Å². The van der Waals surface area contributed by atoms with E-state index >= 15 is 0 Å². The van der Waals surface area contributed by atoms with E-state index in [0.29, 0.717) is 12.8 Å². The highest BCUT2D eigenvalue weighted by atomic mass is 32.2. The molecule has 7 nitrogen and oxygen atoms in total. The Balaban J connectivity index is 1.59. The Kier molecular flexibility index (Phi) is 4.65. The first-order valence-corrected chi connectivity index (χ1v) is 9.64. The molecule has 1 aromatic carbocycles. The van der Waals surface area contributed by atoms with Crippen molar-refractivity contribution in [2.24, 2.45) is 11.8 Å². The second-order valence-corrected chi connectivity index (χ2v) is 8.86. The molecule has 2 saturated heterocycles. The summed E-state index contributed by atoms with van der Waals surface area (Å²) >= 11 is 0. The van der Waals surface area contributed by atoms with E-state index < -0.39 is 21.7 Å². The summed E-state index contributed by atoms with van der Waals surface area (Å²) in [6.07, 6.45) is 1.66. The lowest BCUT2D eigenvalue weighted by Gasteiger charge is -2.28. The van der Waals surface area contributed by atoms with Crippen LogP contribution in [0.15, 0.2) is 29.2 Å². The van der Waals surface area contributed by atoms with Gasteiger partial charge in [-0.15, -0.1) is 0 Å². The van der Waals surface area contributed by atoms with Crippen molar-refractivity contribution < 1.29 is 32.3 Å². The van der Waals surface area contributed by atoms with Crippen LogP contribution in [0.3, 0.4) is 0 Å². The van der Waals surface area contributed by atoms with Crippen molar-refractivity contribution >= 4 is 16.1 Å². The number of hydrogen-bond donors (Lipinski definition) is 2. The lowest BCUT2D eigenvalue weighted by Crippen LogP contribution is -2.34. The summed E-state index contributed by atoms with van der Waals surface area (Å²) in [7, 11) is -4.27. The Morgan fingerprint density at radius 2 is 1.88 bits per heavy atom. The first-order valence-electron chi connectivity index (χ1n) is 8.20. The van der Waals surface area contributed by atoms with E-state index in [9.17, 15) is 18.3 Å². The highest BCUT2D eigenvalue weighted by Gasteiger charge is 2.51. The van der Waals surface area contributed by atoms with Crippen LogP contribution in [-0.2, 0) is 19.6 Å². The zero-order valence-electron chi connectivity index (χ0n) is 14.1. The van der Waals surface area contributed by atoms with E-state index in [4.69, 9.17) is 14.0 Å². The van der Waals surface area contributed by atoms with Crippen LogP contribution in [-0.4, -0.2) is 41.9 Å². The molecule has 2 N–H and O–H groups in total. The molecule has 8 heteroatoms. The zero-order valence-corrected chi connectivity index (χ0v) is 14.9. The Morgan fingerprint density at radius 3 is 2.36 bits per heavy atom. The molecule has 0 amide bonds. The molecule has 3 rings (SSSR count). The minimum Gasteiger partial charge on any atom is -0.426 e. The highest BCUT2D eigenvalue weighted by molar-refractivity contribution is 7.85. The van der Waals surface area contributed by atoms with Crippen LogP contribution >= 0.6 is 0 Å². The van der Waals surface area contributed by atoms with Gasteiger partial charge in [-0.2, -0.15) is 8.42 Å². The van der Waals surface area contributed by atoms with Crippen molar-refractivity contribution in [2.45, 2.75) is 55.8 Å². The van der Waals surface area contributed by atoms with Crippen LogP contribution < -0.4 is 4.74 Å². The molecule has 2 aliphatic rings. The minimum atomic E-state index is -4.27. The third kappa shape index (κ3) is 4.20. The highest BCUT2D eigenvalue weighted by Crippen LogP contribution is 2.46. The number of aliphatic hydroxyl groups is 1. The molecule has 1 aromatic rings. The molecule has 2 bridgehead atoms. The molecular formula is C17H22O7S. The van der Waals surface area contributed by atoms with Crippen molar-refractivity contribution in [3.05, 3.63) is 24.3 Å². The molecule has 25 heavy (non-hydrogen) atoms. The number of rotatable bonds is 5. The number of hydrogen-bond acceptors (Lipinski definition) is 6. The Hall–Kier alpha value is -1.48. The van der Waals surface area contributed by atoms with Crippen LogP contribution in [0.1, 0.15) is 33.1 Å². The number of benzene rings is 1. The maximum atomic E-state index is 12.4. The summed E-state index contributed by atoms with van der Waals surface area (Å²) in [6, 6.07) is 5.00. The van der Waals surface area contributed by atoms with E-state index in [0.717, 1.165) is 6.42 Å². The van der Waals surface area contributed by atoms with Gasteiger partial charge < -0.3 is 14.6 Å². The van der Waals surface area contributed by atoms with Crippen LogP contribution in [0.5, 0.6) is 5.75 Å². The third-order valence-electron chi connectivity index (χ3n) is 4.75. The van der Waals surface area contributed by atoms with Gasteiger partial charge in [-0.1, -0.05) is 0 Å². The predicted molar refractivity (Wildman–Crippen MR) is 87.7 cm³/mol. The fourth-order valence-corrected chi connectivity index (χ4v) is 4.21. The molecule has 0 aliphatic carbocycles. The van der Waals surface area contributed by atoms with Gasteiger partial charge in [-0.3, -0.25) is 9.35 Å². The lowest BCUT2D eigenvalue weighted by molar-refractivity contribution is -0.140. The summed E-state index contributed by atoms with van der Waals surface area (Å²) < 4.78 is 42.1. The zero-order chi connectivity index (χ0) is 18.4. The smallest absolute Gasteiger partial charge is 0.317 e. The van der Waals surface area contributed by atoms with Crippen molar-refractivity contribution in [2.75, 3.05) is 0 Å². The molecule has 4 atom stereocenters. The molecule has 0 spiro atoms. The molecule has 2 aliphatic heterocycles.